The van der Waals surface area contributed by atoms with Gasteiger partial charge in [-0.25, -0.2) is 0 Å². The minimum absolute atomic E-state index is 1.21. The molecular weight excluding hydrogens is 248 g/mol. The molecule has 102 valence electrons. The lowest BCUT2D eigenvalue weighted by molar-refractivity contribution is 0.575. The van der Waals surface area contributed by atoms with E-state index in [2.05, 4.69) is 35.9 Å². The van der Waals surface area contributed by atoms with E-state index in [0.29, 0.717) is 0 Å². The fourth-order valence-corrected chi connectivity index (χ4v) is 3.14. The van der Waals surface area contributed by atoms with Crippen molar-refractivity contribution in [2.24, 2.45) is 0 Å². The average molecular weight is 272 g/mol. The third-order valence-corrected chi connectivity index (χ3v) is 4.37. The van der Waals surface area contributed by atoms with Crippen LogP contribution in [0.5, 0.6) is 0 Å². The van der Waals surface area contributed by atoms with E-state index < -0.39 is 0 Å². The van der Waals surface area contributed by atoms with Crippen LogP contribution in [0.3, 0.4) is 0 Å². The van der Waals surface area contributed by atoms with Crippen molar-refractivity contribution in [1.29, 1.82) is 0 Å². The number of fused-ring (bicyclic) bond motifs is 1. The van der Waals surface area contributed by atoms with Crippen molar-refractivity contribution >= 4 is 22.1 Å². The Balaban J connectivity index is 1.60. The van der Waals surface area contributed by atoms with Gasteiger partial charge in [-0.05, 0) is 24.5 Å². The van der Waals surface area contributed by atoms with Crippen LogP contribution in [0.15, 0.2) is 18.2 Å². The van der Waals surface area contributed by atoms with E-state index in [1.807, 2.05) is 0 Å². The predicted molar refractivity (Wildman–Crippen MR) is 85.8 cm³/mol. The molecule has 0 fully saturated rings. The number of unbranched alkanes of at least 4 members (excludes halogenated alkanes) is 7. The molecule has 0 atom stereocenters. The lowest BCUT2D eigenvalue weighted by atomic mass is 10.0. The van der Waals surface area contributed by atoms with Gasteiger partial charge in [-0.3, -0.25) is 0 Å². The summed E-state index contributed by atoms with van der Waals surface area (Å²) in [6, 6.07) is 6.71. The maximum atomic E-state index is 3.28. The van der Waals surface area contributed by atoms with Gasteiger partial charge in [0.05, 0.1) is 10.8 Å². The molecular formula is C18H24S. The van der Waals surface area contributed by atoms with E-state index in [-0.39, 0.29) is 0 Å². The highest BCUT2D eigenvalue weighted by atomic mass is 32.1. The van der Waals surface area contributed by atoms with Crippen molar-refractivity contribution in [3.63, 3.8) is 0 Å². The SMILES string of the molecule is CCCCCCCCCCc1ccc2[c]s[c]c2c1. The third kappa shape index (κ3) is 4.99. The highest BCUT2D eigenvalue weighted by molar-refractivity contribution is 7.08. The van der Waals surface area contributed by atoms with Crippen LogP contribution in [0.2, 0.25) is 0 Å². The number of aryl methyl sites for hydroxylation is 1. The standard InChI is InChI=1S/C18H24S/c1-2-3-4-5-6-7-8-9-10-16-11-12-17-14-19-15-18(17)13-16/h11-13H,2-10H2,1H3. The minimum Gasteiger partial charge on any atom is -0.132 e. The van der Waals surface area contributed by atoms with Crippen LogP contribution in [0, 0.1) is 10.8 Å². The summed E-state index contributed by atoms with van der Waals surface area (Å²) >= 11 is 1.55. The molecule has 0 N–H and O–H groups in total. The fourth-order valence-electron chi connectivity index (χ4n) is 2.52. The van der Waals surface area contributed by atoms with Gasteiger partial charge >= 0.3 is 0 Å². The van der Waals surface area contributed by atoms with E-state index in [4.69, 9.17) is 0 Å². The molecule has 19 heavy (non-hydrogen) atoms. The third-order valence-electron chi connectivity index (χ3n) is 3.72. The molecule has 1 aromatic carbocycles. The van der Waals surface area contributed by atoms with Crippen LogP contribution < -0.4 is 0 Å². The van der Waals surface area contributed by atoms with Gasteiger partial charge in [0.25, 0.3) is 0 Å². The zero-order valence-electron chi connectivity index (χ0n) is 12.0. The van der Waals surface area contributed by atoms with Gasteiger partial charge in [0.2, 0.25) is 0 Å². The Morgan fingerprint density at radius 3 is 2.32 bits per heavy atom. The van der Waals surface area contributed by atoms with Crippen LogP contribution >= 0.6 is 11.3 Å². The zero-order valence-corrected chi connectivity index (χ0v) is 12.8. The first kappa shape index (κ1) is 14.6. The molecule has 1 heterocycles. The van der Waals surface area contributed by atoms with E-state index in [9.17, 15) is 0 Å². The summed E-state index contributed by atoms with van der Waals surface area (Å²) in [7, 11) is 0. The smallest absolute Gasteiger partial charge is 0.0534 e. The molecule has 0 amide bonds. The van der Waals surface area contributed by atoms with E-state index in [1.54, 1.807) is 11.3 Å². The van der Waals surface area contributed by atoms with Gasteiger partial charge < -0.3 is 0 Å². The molecule has 0 aliphatic rings. The summed E-state index contributed by atoms with van der Waals surface area (Å²) in [4.78, 5) is 0. The first-order valence-electron chi connectivity index (χ1n) is 7.71. The summed E-state index contributed by atoms with van der Waals surface area (Å²) in [5.74, 6) is 0. The predicted octanol–water partition coefficient (Wildman–Crippen LogP) is 6.18. The molecule has 0 nitrogen and oxygen atoms in total. The quantitative estimate of drug-likeness (QED) is 0.478. The first-order valence-corrected chi connectivity index (χ1v) is 8.52. The number of hydrogen-bond acceptors (Lipinski definition) is 1. The second kappa shape index (κ2) is 8.37. The van der Waals surface area contributed by atoms with Crippen LogP contribution in [-0.4, -0.2) is 0 Å². The van der Waals surface area contributed by atoms with Gasteiger partial charge in [0.15, 0.2) is 0 Å². The number of thiophene rings is 1. The molecule has 1 heteroatoms. The molecule has 0 aliphatic heterocycles. The second-order valence-electron chi connectivity index (χ2n) is 5.41. The molecule has 0 saturated heterocycles. The molecule has 0 unspecified atom stereocenters. The lowest BCUT2D eigenvalue weighted by Crippen LogP contribution is -1.86. The molecule has 0 aliphatic carbocycles. The Morgan fingerprint density at radius 2 is 1.53 bits per heavy atom. The number of benzene rings is 1. The monoisotopic (exact) mass is 272 g/mol. The maximum absolute atomic E-state index is 3.28. The topological polar surface area (TPSA) is 0 Å². The Bertz CT molecular complexity index is 469. The molecule has 0 bridgehead atoms. The highest BCUT2D eigenvalue weighted by Gasteiger charge is 1.98. The van der Waals surface area contributed by atoms with E-state index >= 15 is 0 Å². The largest absolute Gasteiger partial charge is 0.132 e. The maximum Gasteiger partial charge on any atom is 0.0534 e. The van der Waals surface area contributed by atoms with Crippen LogP contribution in [-0.2, 0) is 6.42 Å². The summed E-state index contributed by atoms with van der Waals surface area (Å²) in [5, 5.41) is 8.96. The number of rotatable bonds is 9. The van der Waals surface area contributed by atoms with E-state index in [0.717, 1.165) is 0 Å². The molecule has 2 rings (SSSR count). The average Bonchev–Trinajstić information content (AvgIpc) is 2.89. The van der Waals surface area contributed by atoms with Crippen LogP contribution in [0.25, 0.3) is 10.8 Å². The molecule has 1 aromatic heterocycles. The van der Waals surface area contributed by atoms with Gasteiger partial charge in [-0.2, -0.15) is 0 Å². The molecule has 0 saturated carbocycles. The Kier molecular flexibility index (Phi) is 6.43. The molecule has 2 aromatic rings. The first-order chi connectivity index (χ1) is 9.40. The summed E-state index contributed by atoms with van der Waals surface area (Å²) < 4.78 is 0. The highest BCUT2D eigenvalue weighted by Crippen LogP contribution is 2.20. The van der Waals surface area contributed by atoms with Crippen molar-refractivity contribution in [2.75, 3.05) is 0 Å². The summed E-state index contributed by atoms with van der Waals surface area (Å²) in [6.07, 6.45) is 12.4. The van der Waals surface area contributed by atoms with Crippen molar-refractivity contribution in [3.8, 4) is 0 Å². The zero-order chi connectivity index (χ0) is 13.3. The van der Waals surface area contributed by atoms with Crippen molar-refractivity contribution < 1.29 is 0 Å². The fraction of sp³-hybridized carbons (Fsp3) is 0.556. The normalized spacial score (nSPS) is 11.2. The van der Waals surface area contributed by atoms with Crippen LogP contribution in [0.4, 0.5) is 0 Å². The summed E-state index contributed by atoms with van der Waals surface area (Å²) in [5.41, 5.74) is 1.46. The van der Waals surface area contributed by atoms with Crippen molar-refractivity contribution in [1.82, 2.24) is 0 Å². The molecule has 0 spiro atoms. The molecule has 2 radical (unpaired) electrons. The van der Waals surface area contributed by atoms with Crippen molar-refractivity contribution in [3.05, 3.63) is 34.5 Å². The van der Waals surface area contributed by atoms with Gasteiger partial charge in [-0.1, -0.05) is 64.0 Å². The van der Waals surface area contributed by atoms with E-state index in [1.165, 1.54) is 74.1 Å². The van der Waals surface area contributed by atoms with Crippen LogP contribution in [0.1, 0.15) is 63.9 Å². The van der Waals surface area contributed by atoms with Gasteiger partial charge in [-0.15, -0.1) is 11.3 Å². The Hall–Kier alpha value is -0.820. The second-order valence-corrected chi connectivity index (χ2v) is 6.02. The summed E-state index contributed by atoms with van der Waals surface area (Å²) in [6.45, 7) is 2.28. The lowest BCUT2D eigenvalue weighted by Gasteiger charge is -2.03. The van der Waals surface area contributed by atoms with Gasteiger partial charge in [0, 0.05) is 10.8 Å². The Morgan fingerprint density at radius 1 is 0.842 bits per heavy atom. The Labute approximate surface area is 121 Å². The van der Waals surface area contributed by atoms with Crippen molar-refractivity contribution in [2.45, 2.75) is 64.7 Å². The van der Waals surface area contributed by atoms with Gasteiger partial charge in [0.1, 0.15) is 0 Å². The number of hydrogen-bond donors (Lipinski definition) is 0. The minimum atomic E-state index is 1.21.